The Bertz CT molecular complexity index is 438. The number of ketones is 1. The van der Waals surface area contributed by atoms with Gasteiger partial charge in [-0.15, -0.1) is 0 Å². The Labute approximate surface area is 107 Å². The number of Topliss-reactive ketones (excluding diaryl/α,β-unsaturated/α-hetero) is 1. The molecular formula is C15H18O3. The van der Waals surface area contributed by atoms with Gasteiger partial charge in [0.2, 0.25) is 0 Å². The summed E-state index contributed by atoms with van der Waals surface area (Å²) in [6.45, 7) is 1.50. The quantitative estimate of drug-likeness (QED) is 0.892. The summed E-state index contributed by atoms with van der Waals surface area (Å²) in [7, 11) is 0. The molecule has 1 fully saturated rings. The van der Waals surface area contributed by atoms with Crippen LogP contribution in [0.2, 0.25) is 0 Å². The molecule has 96 valence electrons. The fourth-order valence-corrected chi connectivity index (χ4v) is 2.96. The third-order valence-corrected chi connectivity index (χ3v) is 3.96. The Morgan fingerprint density at radius 2 is 1.78 bits per heavy atom. The first-order valence-electron chi connectivity index (χ1n) is 6.37. The van der Waals surface area contributed by atoms with Crippen molar-refractivity contribution in [3.05, 3.63) is 35.9 Å². The van der Waals surface area contributed by atoms with Gasteiger partial charge in [0, 0.05) is 5.92 Å². The van der Waals surface area contributed by atoms with E-state index in [9.17, 15) is 14.7 Å². The molecule has 0 aromatic heterocycles. The summed E-state index contributed by atoms with van der Waals surface area (Å²) in [5, 5.41) is 9.27. The molecule has 2 rings (SSSR count). The first-order valence-corrected chi connectivity index (χ1v) is 6.37. The smallest absolute Gasteiger partial charge is 0.307 e. The molecule has 3 nitrogen and oxygen atoms in total. The average molecular weight is 246 g/mol. The highest BCUT2D eigenvalue weighted by Crippen LogP contribution is 2.40. The highest BCUT2D eigenvalue weighted by molar-refractivity contribution is 5.84. The van der Waals surface area contributed by atoms with Crippen LogP contribution in [-0.4, -0.2) is 16.9 Å². The molecule has 0 spiro atoms. The molecule has 1 aromatic carbocycles. The summed E-state index contributed by atoms with van der Waals surface area (Å²) in [4.78, 5) is 22.8. The van der Waals surface area contributed by atoms with Gasteiger partial charge in [-0.1, -0.05) is 30.3 Å². The summed E-state index contributed by atoms with van der Waals surface area (Å²) in [6.07, 6.45) is 2.16. The molecule has 3 heteroatoms. The van der Waals surface area contributed by atoms with Gasteiger partial charge in [0.25, 0.3) is 0 Å². The summed E-state index contributed by atoms with van der Waals surface area (Å²) >= 11 is 0. The minimum Gasteiger partial charge on any atom is -0.481 e. The van der Waals surface area contributed by atoms with E-state index in [1.807, 2.05) is 30.3 Å². The highest BCUT2D eigenvalue weighted by Gasteiger charge is 2.37. The molecule has 1 aliphatic carbocycles. The van der Waals surface area contributed by atoms with Crippen molar-refractivity contribution < 1.29 is 14.7 Å². The van der Waals surface area contributed by atoms with E-state index in [0.717, 1.165) is 6.42 Å². The van der Waals surface area contributed by atoms with Gasteiger partial charge < -0.3 is 5.11 Å². The standard InChI is InChI=1S/C15H18O3/c1-10(16)13-8-7-12(9-14(13)15(17)18)11-5-3-2-4-6-11/h2-6,12-14H,7-9H2,1H3,(H,17,18)/t12-,13?,14?/m1/s1. The van der Waals surface area contributed by atoms with Gasteiger partial charge in [0.15, 0.2) is 0 Å². The van der Waals surface area contributed by atoms with Gasteiger partial charge in [-0.2, -0.15) is 0 Å². The SMILES string of the molecule is CC(=O)C1CC[C@@H](c2ccccc2)CC1C(=O)O. The largest absolute Gasteiger partial charge is 0.481 e. The zero-order valence-electron chi connectivity index (χ0n) is 10.5. The van der Waals surface area contributed by atoms with Gasteiger partial charge in [-0.05, 0) is 37.7 Å². The van der Waals surface area contributed by atoms with Crippen LogP contribution < -0.4 is 0 Å². The molecule has 3 atom stereocenters. The molecule has 18 heavy (non-hydrogen) atoms. The van der Waals surface area contributed by atoms with Crippen molar-refractivity contribution in [2.75, 3.05) is 0 Å². The lowest BCUT2D eigenvalue weighted by atomic mass is 9.70. The number of rotatable bonds is 3. The normalized spacial score (nSPS) is 27.7. The maximum Gasteiger partial charge on any atom is 0.307 e. The molecule has 1 aliphatic rings. The van der Waals surface area contributed by atoms with Gasteiger partial charge >= 0.3 is 5.97 Å². The number of carboxylic acids is 1. The minimum atomic E-state index is -0.837. The van der Waals surface area contributed by atoms with Crippen molar-refractivity contribution in [1.29, 1.82) is 0 Å². The van der Waals surface area contributed by atoms with Crippen molar-refractivity contribution in [2.45, 2.75) is 32.1 Å². The van der Waals surface area contributed by atoms with Crippen LogP contribution in [0.4, 0.5) is 0 Å². The van der Waals surface area contributed by atoms with Gasteiger partial charge in [0.05, 0.1) is 5.92 Å². The van der Waals surface area contributed by atoms with Crippen molar-refractivity contribution >= 4 is 11.8 Å². The molecule has 1 N–H and O–H groups in total. The molecule has 0 amide bonds. The Balaban J connectivity index is 2.16. The topological polar surface area (TPSA) is 54.4 Å². The van der Waals surface area contributed by atoms with Crippen molar-refractivity contribution in [3.63, 3.8) is 0 Å². The molecule has 1 saturated carbocycles. The lowest BCUT2D eigenvalue weighted by Crippen LogP contribution is -2.34. The fourth-order valence-electron chi connectivity index (χ4n) is 2.96. The lowest BCUT2D eigenvalue weighted by molar-refractivity contribution is -0.148. The number of carbonyl (C=O) groups excluding carboxylic acids is 1. The Kier molecular flexibility index (Phi) is 3.80. The molecule has 0 saturated heterocycles. The highest BCUT2D eigenvalue weighted by atomic mass is 16.4. The first kappa shape index (κ1) is 12.8. The van der Waals surface area contributed by atoms with Crippen molar-refractivity contribution in [3.8, 4) is 0 Å². The monoisotopic (exact) mass is 246 g/mol. The summed E-state index contributed by atoms with van der Waals surface area (Å²) in [5.41, 5.74) is 1.19. The van der Waals surface area contributed by atoms with E-state index in [4.69, 9.17) is 0 Å². The number of hydrogen-bond acceptors (Lipinski definition) is 2. The van der Waals surface area contributed by atoms with Crippen LogP contribution in [0.1, 0.15) is 37.7 Å². The van der Waals surface area contributed by atoms with Gasteiger partial charge in [0.1, 0.15) is 5.78 Å². The van der Waals surface area contributed by atoms with Crippen molar-refractivity contribution in [2.24, 2.45) is 11.8 Å². The third kappa shape index (κ3) is 2.61. The van der Waals surface area contributed by atoms with E-state index in [2.05, 4.69) is 0 Å². The van der Waals surface area contributed by atoms with E-state index < -0.39 is 11.9 Å². The van der Waals surface area contributed by atoms with Crippen LogP contribution in [0.15, 0.2) is 30.3 Å². The molecule has 2 unspecified atom stereocenters. The maximum absolute atomic E-state index is 11.5. The van der Waals surface area contributed by atoms with Crippen LogP contribution in [0.3, 0.4) is 0 Å². The van der Waals surface area contributed by atoms with E-state index in [1.54, 1.807) is 0 Å². The summed E-state index contributed by atoms with van der Waals surface area (Å²) in [6, 6.07) is 9.99. The second-order valence-electron chi connectivity index (χ2n) is 5.08. The van der Waals surface area contributed by atoms with E-state index in [-0.39, 0.29) is 17.6 Å². The van der Waals surface area contributed by atoms with Crippen LogP contribution in [0.5, 0.6) is 0 Å². The Hall–Kier alpha value is -1.64. The van der Waals surface area contributed by atoms with Crippen LogP contribution in [-0.2, 0) is 9.59 Å². The van der Waals surface area contributed by atoms with E-state index in [0.29, 0.717) is 12.8 Å². The zero-order chi connectivity index (χ0) is 13.1. The Morgan fingerprint density at radius 3 is 2.33 bits per heavy atom. The van der Waals surface area contributed by atoms with Gasteiger partial charge in [-0.3, -0.25) is 9.59 Å². The fraction of sp³-hybridized carbons (Fsp3) is 0.467. The third-order valence-electron chi connectivity index (χ3n) is 3.96. The number of carboxylic acid groups (broad SMARTS) is 1. The first-order chi connectivity index (χ1) is 8.59. The number of aliphatic carboxylic acids is 1. The number of benzene rings is 1. The molecule has 1 aromatic rings. The maximum atomic E-state index is 11.5. The predicted molar refractivity (Wildman–Crippen MR) is 68.3 cm³/mol. The molecule has 0 heterocycles. The van der Waals surface area contributed by atoms with Crippen molar-refractivity contribution in [1.82, 2.24) is 0 Å². The number of carbonyl (C=O) groups is 2. The van der Waals surface area contributed by atoms with Gasteiger partial charge in [-0.25, -0.2) is 0 Å². The predicted octanol–water partition coefficient (Wildman–Crippen LogP) is 2.86. The Morgan fingerprint density at radius 1 is 1.11 bits per heavy atom. The van der Waals surface area contributed by atoms with Crippen LogP contribution in [0, 0.1) is 11.8 Å². The second-order valence-corrected chi connectivity index (χ2v) is 5.08. The van der Waals surface area contributed by atoms with Crippen LogP contribution in [0.25, 0.3) is 0 Å². The summed E-state index contributed by atoms with van der Waals surface area (Å²) in [5.74, 6) is -1.39. The molecule has 0 aliphatic heterocycles. The summed E-state index contributed by atoms with van der Waals surface area (Å²) < 4.78 is 0. The second kappa shape index (κ2) is 5.34. The number of hydrogen-bond donors (Lipinski definition) is 1. The average Bonchev–Trinajstić information content (AvgIpc) is 2.39. The zero-order valence-corrected chi connectivity index (χ0v) is 10.5. The molecule has 0 radical (unpaired) electrons. The van der Waals surface area contributed by atoms with E-state index >= 15 is 0 Å². The molecular weight excluding hydrogens is 228 g/mol. The lowest BCUT2D eigenvalue weighted by Gasteiger charge is -2.32. The minimum absolute atomic E-state index is 0.00825. The van der Waals surface area contributed by atoms with E-state index in [1.165, 1.54) is 12.5 Å². The van der Waals surface area contributed by atoms with Crippen LogP contribution >= 0.6 is 0 Å². The molecule has 0 bridgehead atoms.